The predicted molar refractivity (Wildman–Crippen MR) is 108 cm³/mol. The Bertz CT molecular complexity index is 959. The number of anilines is 1. The van der Waals surface area contributed by atoms with Crippen LogP contribution in [-0.4, -0.2) is 58.4 Å². The first-order chi connectivity index (χ1) is 13.7. The van der Waals surface area contributed by atoms with Crippen molar-refractivity contribution >= 4 is 22.7 Å². The van der Waals surface area contributed by atoms with Crippen LogP contribution in [0.1, 0.15) is 23.0 Å². The molecule has 1 saturated heterocycles. The van der Waals surface area contributed by atoms with Crippen molar-refractivity contribution in [2.75, 3.05) is 37.7 Å². The number of aryl methyl sites for hydroxylation is 1. The van der Waals surface area contributed by atoms with Crippen molar-refractivity contribution in [1.82, 2.24) is 19.7 Å². The van der Waals surface area contributed by atoms with Crippen LogP contribution in [0.25, 0.3) is 10.9 Å². The van der Waals surface area contributed by atoms with E-state index >= 15 is 0 Å². The molecule has 0 unspecified atom stereocenters. The maximum absolute atomic E-state index is 11.8. The number of aromatic nitrogens is 3. The predicted octanol–water partition coefficient (Wildman–Crippen LogP) is 2.47. The quantitative estimate of drug-likeness (QED) is 0.635. The molecule has 0 atom stereocenters. The van der Waals surface area contributed by atoms with Gasteiger partial charge in [0, 0.05) is 51.4 Å². The second-order valence-corrected chi connectivity index (χ2v) is 6.98. The number of rotatable bonds is 5. The summed E-state index contributed by atoms with van der Waals surface area (Å²) in [6, 6.07) is 12.0. The molecule has 1 aliphatic rings. The van der Waals surface area contributed by atoms with Crippen LogP contribution in [0.5, 0.6) is 0 Å². The van der Waals surface area contributed by atoms with E-state index in [1.165, 1.54) is 10.9 Å². The summed E-state index contributed by atoms with van der Waals surface area (Å²) in [6.07, 6.45) is 1.60. The Morgan fingerprint density at radius 3 is 2.61 bits per heavy atom. The van der Waals surface area contributed by atoms with Crippen LogP contribution in [0.2, 0.25) is 0 Å². The van der Waals surface area contributed by atoms with Gasteiger partial charge >= 0.3 is 5.97 Å². The molecule has 7 nitrogen and oxygen atoms in total. The molecule has 0 spiro atoms. The van der Waals surface area contributed by atoms with Gasteiger partial charge in [-0.2, -0.15) is 5.10 Å². The monoisotopic (exact) mass is 379 g/mol. The third kappa shape index (κ3) is 3.71. The third-order valence-corrected chi connectivity index (χ3v) is 5.16. The molecule has 0 bridgehead atoms. The van der Waals surface area contributed by atoms with Crippen LogP contribution in [0, 0.1) is 0 Å². The number of carbonyl (C=O) groups excluding carboxylic acids is 1. The van der Waals surface area contributed by atoms with E-state index < -0.39 is 0 Å². The molecule has 0 aliphatic carbocycles. The first-order valence-corrected chi connectivity index (χ1v) is 9.67. The molecule has 3 heterocycles. The summed E-state index contributed by atoms with van der Waals surface area (Å²) in [7, 11) is 2.00. The van der Waals surface area contributed by atoms with Crippen LogP contribution in [0.15, 0.2) is 42.6 Å². The van der Waals surface area contributed by atoms with Gasteiger partial charge in [-0.25, -0.2) is 9.78 Å². The van der Waals surface area contributed by atoms with Crippen LogP contribution < -0.4 is 4.90 Å². The summed E-state index contributed by atoms with van der Waals surface area (Å²) in [5, 5.41) is 5.93. The topological polar surface area (TPSA) is 63.5 Å². The van der Waals surface area contributed by atoms with E-state index in [1.54, 1.807) is 19.2 Å². The zero-order chi connectivity index (χ0) is 19.5. The molecule has 7 heteroatoms. The van der Waals surface area contributed by atoms with Crippen LogP contribution in [0.3, 0.4) is 0 Å². The lowest BCUT2D eigenvalue weighted by molar-refractivity contribution is 0.0526. The number of nitrogens with zero attached hydrogens (tertiary/aromatic N) is 5. The number of pyridine rings is 1. The summed E-state index contributed by atoms with van der Waals surface area (Å²) in [6.45, 7) is 6.72. The number of piperazine rings is 1. The number of para-hydroxylation sites is 1. The van der Waals surface area contributed by atoms with E-state index in [1.807, 2.05) is 23.9 Å². The third-order valence-electron chi connectivity index (χ3n) is 5.16. The number of esters is 1. The fourth-order valence-corrected chi connectivity index (χ4v) is 3.66. The zero-order valence-corrected chi connectivity index (χ0v) is 16.3. The first kappa shape index (κ1) is 18.4. The minimum atomic E-state index is -0.325. The van der Waals surface area contributed by atoms with Gasteiger partial charge in [-0.15, -0.1) is 0 Å². The van der Waals surface area contributed by atoms with Gasteiger partial charge in [-0.1, -0.05) is 18.2 Å². The van der Waals surface area contributed by atoms with E-state index in [9.17, 15) is 4.79 Å². The molecule has 146 valence electrons. The maximum atomic E-state index is 11.8. The van der Waals surface area contributed by atoms with Crippen molar-refractivity contribution in [2.24, 2.45) is 7.05 Å². The minimum Gasteiger partial charge on any atom is -0.462 e. The molecule has 0 amide bonds. The highest BCUT2D eigenvalue weighted by atomic mass is 16.5. The highest BCUT2D eigenvalue weighted by Gasteiger charge is 2.20. The number of benzene rings is 1. The average Bonchev–Trinajstić information content (AvgIpc) is 3.05. The molecule has 1 fully saturated rings. The summed E-state index contributed by atoms with van der Waals surface area (Å²) < 4.78 is 6.96. The lowest BCUT2D eigenvalue weighted by Gasteiger charge is -2.35. The van der Waals surface area contributed by atoms with Crippen molar-refractivity contribution in [2.45, 2.75) is 13.5 Å². The largest absolute Gasteiger partial charge is 0.462 e. The Morgan fingerprint density at radius 2 is 1.89 bits per heavy atom. The maximum Gasteiger partial charge on any atom is 0.339 e. The molecular formula is C21H25N5O2. The Hall–Kier alpha value is -2.93. The molecule has 1 aromatic carbocycles. The molecule has 2 aromatic heterocycles. The van der Waals surface area contributed by atoms with Crippen molar-refractivity contribution in [1.29, 1.82) is 0 Å². The van der Waals surface area contributed by atoms with Crippen molar-refractivity contribution < 1.29 is 9.53 Å². The Balaban J connectivity index is 1.37. The van der Waals surface area contributed by atoms with E-state index in [-0.39, 0.29) is 5.97 Å². The summed E-state index contributed by atoms with van der Waals surface area (Å²) >= 11 is 0. The molecule has 3 aromatic rings. The van der Waals surface area contributed by atoms with Gasteiger partial charge < -0.3 is 9.64 Å². The van der Waals surface area contributed by atoms with Gasteiger partial charge in [0.1, 0.15) is 5.82 Å². The van der Waals surface area contributed by atoms with Gasteiger partial charge in [0.15, 0.2) is 0 Å². The summed E-state index contributed by atoms with van der Waals surface area (Å²) in [5.74, 6) is 0.574. The SMILES string of the molecule is CCOC(=O)c1ccc(N2CCN(Cc3nn(C)c4ccccc34)CC2)nc1. The van der Waals surface area contributed by atoms with E-state index in [4.69, 9.17) is 9.84 Å². The second-order valence-electron chi connectivity index (χ2n) is 6.98. The lowest BCUT2D eigenvalue weighted by Crippen LogP contribution is -2.46. The highest BCUT2D eigenvalue weighted by Crippen LogP contribution is 2.20. The molecular weight excluding hydrogens is 354 g/mol. The molecule has 1 aliphatic heterocycles. The van der Waals surface area contributed by atoms with Gasteiger partial charge in [-0.3, -0.25) is 9.58 Å². The second kappa shape index (κ2) is 7.98. The standard InChI is InChI=1S/C21H25N5O2/c1-3-28-21(27)16-8-9-20(22-14-16)26-12-10-25(11-13-26)15-18-17-6-4-5-7-19(17)24(2)23-18/h4-9,14H,3,10-13,15H2,1-2H3. The molecule has 4 rings (SSSR count). The molecule has 0 radical (unpaired) electrons. The normalized spacial score (nSPS) is 15.1. The average molecular weight is 379 g/mol. The first-order valence-electron chi connectivity index (χ1n) is 9.67. The number of ether oxygens (including phenoxy) is 1. The van der Waals surface area contributed by atoms with Gasteiger partial charge in [-0.05, 0) is 25.1 Å². The Morgan fingerprint density at radius 1 is 1.11 bits per heavy atom. The number of hydrogen-bond acceptors (Lipinski definition) is 6. The summed E-state index contributed by atoms with van der Waals surface area (Å²) in [5.41, 5.74) is 2.79. The van der Waals surface area contributed by atoms with Crippen LogP contribution in [-0.2, 0) is 18.3 Å². The van der Waals surface area contributed by atoms with Crippen molar-refractivity contribution in [3.8, 4) is 0 Å². The summed E-state index contributed by atoms with van der Waals surface area (Å²) in [4.78, 5) is 20.9. The van der Waals surface area contributed by atoms with Gasteiger partial charge in [0.2, 0.25) is 0 Å². The number of hydrogen-bond donors (Lipinski definition) is 0. The zero-order valence-electron chi connectivity index (χ0n) is 16.3. The van der Waals surface area contributed by atoms with Crippen molar-refractivity contribution in [3.63, 3.8) is 0 Å². The van der Waals surface area contributed by atoms with Crippen molar-refractivity contribution in [3.05, 3.63) is 53.9 Å². The number of fused-ring (bicyclic) bond motifs is 1. The van der Waals surface area contributed by atoms with E-state index in [0.29, 0.717) is 12.2 Å². The van der Waals surface area contributed by atoms with Gasteiger partial charge in [0.05, 0.1) is 23.4 Å². The lowest BCUT2D eigenvalue weighted by atomic mass is 10.2. The molecule has 28 heavy (non-hydrogen) atoms. The van der Waals surface area contributed by atoms with Crippen LogP contribution in [0.4, 0.5) is 5.82 Å². The highest BCUT2D eigenvalue weighted by molar-refractivity contribution is 5.89. The number of carbonyl (C=O) groups is 1. The minimum absolute atomic E-state index is 0.325. The Labute approximate surface area is 164 Å². The molecule has 0 saturated carbocycles. The Kier molecular flexibility index (Phi) is 5.25. The van der Waals surface area contributed by atoms with E-state index in [2.05, 4.69) is 33.0 Å². The van der Waals surface area contributed by atoms with E-state index in [0.717, 1.165) is 44.2 Å². The van der Waals surface area contributed by atoms with Crippen LogP contribution >= 0.6 is 0 Å². The fourth-order valence-electron chi connectivity index (χ4n) is 3.66. The fraction of sp³-hybridized carbons (Fsp3) is 0.381. The smallest absolute Gasteiger partial charge is 0.339 e. The molecule has 0 N–H and O–H groups in total. The van der Waals surface area contributed by atoms with Gasteiger partial charge in [0.25, 0.3) is 0 Å².